The summed E-state index contributed by atoms with van der Waals surface area (Å²) in [4.78, 5) is 4.54. The molecule has 0 spiro atoms. The van der Waals surface area contributed by atoms with Crippen LogP contribution in [0.15, 0.2) is 0 Å². The van der Waals surface area contributed by atoms with Crippen LogP contribution in [0, 0.1) is 5.92 Å². The third-order valence-electron chi connectivity index (χ3n) is 3.87. The lowest BCUT2D eigenvalue weighted by molar-refractivity contribution is 0.321. The van der Waals surface area contributed by atoms with E-state index in [0.29, 0.717) is 17.9 Å². The first kappa shape index (κ1) is 11.4. The highest BCUT2D eigenvalue weighted by Gasteiger charge is 2.28. The van der Waals surface area contributed by atoms with Crippen LogP contribution in [0.4, 0.5) is 5.13 Å². The molecular formula is C12H20N4S. The average Bonchev–Trinajstić information content (AvgIpc) is 3.08. The van der Waals surface area contributed by atoms with Crippen molar-refractivity contribution in [2.24, 2.45) is 11.7 Å². The molecule has 17 heavy (non-hydrogen) atoms. The number of hydrogen-bond donors (Lipinski definition) is 2. The first-order valence-electron chi connectivity index (χ1n) is 6.66. The zero-order valence-corrected chi connectivity index (χ0v) is 10.9. The summed E-state index contributed by atoms with van der Waals surface area (Å²) in [6.07, 6.45) is 7.58. The first-order valence-corrected chi connectivity index (χ1v) is 7.43. The highest BCUT2D eigenvalue weighted by molar-refractivity contribution is 7.09. The van der Waals surface area contributed by atoms with Gasteiger partial charge in [0.25, 0.3) is 0 Å². The largest absolute Gasteiger partial charge is 0.360 e. The molecule has 2 fully saturated rings. The molecule has 1 heterocycles. The molecular weight excluding hydrogens is 232 g/mol. The predicted octanol–water partition coefficient (Wildman–Crippen LogP) is 2.34. The van der Waals surface area contributed by atoms with Crippen LogP contribution in [0.5, 0.6) is 0 Å². The molecule has 0 amide bonds. The molecule has 0 radical (unpaired) electrons. The van der Waals surface area contributed by atoms with Crippen LogP contribution < -0.4 is 11.1 Å². The van der Waals surface area contributed by atoms with Crippen molar-refractivity contribution >= 4 is 16.7 Å². The van der Waals surface area contributed by atoms with E-state index in [2.05, 4.69) is 14.7 Å². The Morgan fingerprint density at radius 3 is 2.82 bits per heavy atom. The molecule has 1 aromatic heterocycles. The molecule has 3 N–H and O–H groups in total. The van der Waals surface area contributed by atoms with E-state index in [4.69, 9.17) is 5.73 Å². The van der Waals surface area contributed by atoms with Crippen molar-refractivity contribution < 1.29 is 0 Å². The molecule has 2 unspecified atom stereocenters. The van der Waals surface area contributed by atoms with Gasteiger partial charge in [0.15, 0.2) is 0 Å². The van der Waals surface area contributed by atoms with E-state index >= 15 is 0 Å². The quantitative estimate of drug-likeness (QED) is 0.863. The van der Waals surface area contributed by atoms with Crippen LogP contribution in [0.25, 0.3) is 0 Å². The van der Waals surface area contributed by atoms with Crippen molar-refractivity contribution in [2.45, 2.75) is 50.5 Å². The summed E-state index contributed by atoms with van der Waals surface area (Å²) in [7, 11) is 0. The van der Waals surface area contributed by atoms with Crippen molar-refractivity contribution in [2.75, 3.05) is 11.9 Å². The van der Waals surface area contributed by atoms with Crippen LogP contribution in [-0.2, 0) is 0 Å². The molecule has 94 valence electrons. The Kier molecular flexibility index (Phi) is 3.29. The summed E-state index contributed by atoms with van der Waals surface area (Å²) in [5.41, 5.74) is 6.13. The van der Waals surface area contributed by atoms with Gasteiger partial charge in [-0.2, -0.15) is 4.37 Å². The van der Waals surface area contributed by atoms with Gasteiger partial charge in [-0.1, -0.05) is 12.8 Å². The Balaban J connectivity index is 1.51. The van der Waals surface area contributed by atoms with Crippen molar-refractivity contribution in [3.05, 3.63) is 5.82 Å². The van der Waals surface area contributed by atoms with E-state index in [1.807, 2.05) is 0 Å². The molecule has 2 saturated carbocycles. The number of anilines is 1. The molecule has 3 rings (SSSR count). The minimum Gasteiger partial charge on any atom is -0.360 e. The smallest absolute Gasteiger partial charge is 0.202 e. The van der Waals surface area contributed by atoms with E-state index in [0.717, 1.165) is 17.5 Å². The normalized spacial score (nSPS) is 29.2. The fourth-order valence-corrected chi connectivity index (χ4v) is 3.17. The molecule has 4 nitrogen and oxygen atoms in total. The van der Waals surface area contributed by atoms with E-state index in [9.17, 15) is 0 Å². The maximum Gasteiger partial charge on any atom is 0.202 e. The zero-order valence-electron chi connectivity index (χ0n) is 10.1. The Labute approximate surface area is 106 Å². The van der Waals surface area contributed by atoms with Crippen molar-refractivity contribution in [1.82, 2.24) is 9.36 Å². The van der Waals surface area contributed by atoms with Crippen LogP contribution in [-0.4, -0.2) is 21.9 Å². The molecule has 0 aliphatic heterocycles. The summed E-state index contributed by atoms with van der Waals surface area (Å²) in [5, 5.41) is 4.39. The van der Waals surface area contributed by atoms with Crippen LogP contribution in [0.2, 0.25) is 0 Å². The maximum atomic E-state index is 6.13. The van der Waals surface area contributed by atoms with Gasteiger partial charge in [0.1, 0.15) is 5.82 Å². The molecule has 2 aliphatic rings. The number of nitrogens with one attached hydrogen (secondary N) is 1. The fourth-order valence-electron chi connectivity index (χ4n) is 2.52. The second-order valence-electron chi connectivity index (χ2n) is 5.32. The van der Waals surface area contributed by atoms with Crippen molar-refractivity contribution in [3.8, 4) is 0 Å². The molecule has 5 heteroatoms. The lowest BCUT2D eigenvalue weighted by Gasteiger charge is -2.28. The predicted molar refractivity (Wildman–Crippen MR) is 70.3 cm³/mol. The number of nitrogens with two attached hydrogens (primary N) is 1. The Hall–Kier alpha value is -0.680. The van der Waals surface area contributed by atoms with E-state index < -0.39 is 0 Å². The summed E-state index contributed by atoms with van der Waals surface area (Å²) < 4.78 is 4.40. The van der Waals surface area contributed by atoms with E-state index in [-0.39, 0.29) is 0 Å². The van der Waals surface area contributed by atoms with Crippen molar-refractivity contribution in [1.29, 1.82) is 0 Å². The molecule has 2 atom stereocenters. The molecule has 2 aliphatic carbocycles. The summed E-state index contributed by atoms with van der Waals surface area (Å²) in [6.45, 7) is 0.959. The highest BCUT2D eigenvalue weighted by Crippen LogP contribution is 2.39. The van der Waals surface area contributed by atoms with E-state index in [1.54, 1.807) is 0 Å². The Morgan fingerprint density at radius 2 is 2.06 bits per heavy atom. The van der Waals surface area contributed by atoms with Gasteiger partial charge in [-0.3, -0.25) is 0 Å². The van der Waals surface area contributed by atoms with Crippen LogP contribution in [0.1, 0.15) is 50.3 Å². The standard InChI is InChI=1S/C12H20N4S/c13-10-4-2-1-3-9(10)7-14-12-15-11(16-17-12)8-5-6-8/h8-10H,1-7,13H2,(H,14,15,16). The van der Waals surface area contributed by atoms with Crippen molar-refractivity contribution in [3.63, 3.8) is 0 Å². The first-order chi connectivity index (χ1) is 8.33. The SMILES string of the molecule is NC1CCCCC1CNc1nc(C2CC2)ns1. The van der Waals surface area contributed by atoms with Gasteiger partial charge in [-0.05, 0) is 31.6 Å². The van der Waals surface area contributed by atoms with Gasteiger partial charge in [-0.25, -0.2) is 4.98 Å². The Bertz CT molecular complexity index is 374. The van der Waals surface area contributed by atoms with E-state index in [1.165, 1.54) is 50.1 Å². The van der Waals surface area contributed by atoms with Crippen LogP contribution in [0.3, 0.4) is 0 Å². The monoisotopic (exact) mass is 252 g/mol. The summed E-state index contributed by atoms with van der Waals surface area (Å²) in [6, 6.07) is 0.368. The Morgan fingerprint density at radius 1 is 1.24 bits per heavy atom. The topological polar surface area (TPSA) is 63.8 Å². The number of aromatic nitrogens is 2. The van der Waals surface area contributed by atoms with Gasteiger partial charge in [0, 0.05) is 30.0 Å². The lowest BCUT2D eigenvalue weighted by atomic mass is 9.85. The maximum absolute atomic E-state index is 6.13. The van der Waals surface area contributed by atoms with Gasteiger partial charge >= 0.3 is 0 Å². The number of nitrogens with zero attached hydrogens (tertiary/aromatic N) is 2. The lowest BCUT2D eigenvalue weighted by Crippen LogP contribution is -2.37. The summed E-state index contributed by atoms with van der Waals surface area (Å²) in [5.74, 6) is 2.31. The van der Waals surface area contributed by atoms with Crippen LogP contribution >= 0.6 is 11.5 Å². The molecule has 0 bridgehead atoms. The fraction of sp³-hybridized carbons (Fsp3) is 0.833. The zero-order chi connectivity index (χ0) is 11.7. The second kappa shape index (κ2) is 4.90. The minimum atomic E-state index is 0.368. The minimum absolute atomic E-state index is 0.368. The van der Waals surface area contributed by atoms with Gasteiger partial charge < -0.3 is 11.1 Å². The number of rotatable bonds is 4. The summed E-state index contributed by atoms with van der Waals surface area (Å²) >= 11 is 1.49. The molecule has 0 saturated heterocycles. The third kappa shape index (κ3) is 2.77. The van der Waals surface area contributed by atoms with Gasteiger partial charge in [0.05, 0.1) is 0 Å². The molecule has 0 aromatic carbocycles. The van der Waals surface area contributed by atoms with Gasteiger partial charge in [-0.15, -0.1) is 0 Å². The highest BCUT2D eigenvalue weighted by atomic mass is 32.1. The third-order valence-corrected chi connectivity index (χ3v) is 4.55. The number of hydrogen-bond acceptors (Lipinski definition) is 5. The molecule has 1 aromatic rings. The van der Waals surface area contributed by atoms with Gasteiger partial charge in [0.2, 0.25) is 5.13 Å². The second-order valence-corrected chi connectivity index (χ2v) is 6.07. The average molecular weight is 252 g/mol.